The molecule has 7 nitrogen and oxygen atoms in total. The number of aromatic nitrogens is 3. The lowest BCUT2D eigenvalue weighted by Gasteiger charge is -2.29. The fourth-order valence-corrected chi connectivity index (χ4v) is 3.59. The first-order valence-electron chi connectivity index (χ1n) is 7.36. The second-order valence-corrected chi connectivity index (χ2v) is 7.56. The summed E-state index contributed by atoms with van der Waals surface area (Å²) in [7, 11) is 0. The molecular formula is C15H19N5O2S. The third kappa shape index (κ3) is 3.17. The molecular weight excluding hydrogens is 314 g/mol. The number of carbonyl (C=O) groups excluding carboxylic acids is 2. The van der Waals surface area contributed by atoms with E-state index in [0.29, 0.717) is 22.8 Å². The monoisotopic (exact) mass is 333 g/mol. The van der Waals surface area contributed by atoms with Gasteiger partial charge in [0.2, 0.25) is 11.8 Å². The Bertz CT molecular complexity index is 752. The lowest BCUT2D eigenvalue weighted by Crippen LogP contribution is -2.48. The second kappa shape index (κ2) is 5.84. The van der Waals surface area contributed by atoms with Crippen LogP contribution in [0.1, 0.15) is 20.8 Å². The number of nitrogens with one attached hydrogen (secondary N) is 2. The Labute approximate surface area is 138 Å². The van der Waals surface area contributed by atoms with Crippen LogP contribution in [0.5, 0.6) is 0 Å². The molecule has 23 heavy (non-hydrogen) atoms. The quantitative estimate of drug-likeness (QED) is 0.875. The molecule has 0 saturated carbocycles. The van der Waals surface area contributed by atoms with Crippen molar-refractivity contribution in [3.05, 3.63) is 18.2 Å². The number of thioether (sulfide) groups is 1. The van der Waals surface area contributed by atoms with Crippen molar-refractivity contribution < 1.29 is 9.59 Å². The normalized spacial score (nSPS) is 18.4. The minimum absolute atomic E-state index is 0.00500. The molecule has 3 rings (SSSR count). The number of hydrogen-bond acceptors (Lipinski definition) is 5. The van der Waals surface area contributed by atoms with Crippen molar-refractivity contribution in [1.82, 2.24) is 20.3 Å². The largest absolute Gasteiger partial charge is 0.324 e. The number of amides is 2. The Morgan fingerprint density at radius 1 is 1.30 bits per heavy atom. The van der Waals surface area contributed by atoms with Crippen LogP contribution in [-0.2, 0) is 9.59 Å². The average Bonchev–Trinajstić information content (AvgIpc) is 3.13. The van der Waals surface area contributed by atoms with E-state index in [4.69, 9.17) is 0 Å². The van der Waals surface area contributed by atoms with E-state index < -0.39 is 11.5 Å². The zero-order chi connectivity index (χ0) is 16.6. The number of benzene rings is 1. The summed E-state index contributed by atoms with van der Waals surface area (Å²) in [6.45, 7) is 5.60. The molecule has 0 unspecified atom stereocenters. The Kier molecular flexibility index (Phi) is 4.01. The highest BCUT2D eigenvalue weighted by atomic mass is 32.2. The first-order chi connectivity index (χ1) is 10.9. The fourth-order valence-electron chi connectivity index (χ4n) is 2.43. The van der Waals surface area contributed by atoms with E-state index in [1.54, 1.807) is 34.9 Å². The van der Waals surface area contributed by atoms with E-state index in [1.807, 2.05) is 20.8 Å². The Hall–Kier alpha value is -2.09. The predicted molar refractivity (Wildman–Crippen MR) is 89.9 cm³/mol. The Balaban J connectivity index is 1.75. The number of hydrogen-bond donors (Lipinski definition) is 2. The van der Waals surface area contributed by atoms with Crippen molar-refractivity contribution in [2.75, 3.05) is 16.9 Å². The number of fused-ring (bicyclic) bond motifs is 1. The van der Waals surface area contributed by atoms with Gasteiger partial charge in [-0.3, -0.25) is 9.59 Å². The van der Waals surface area contributed by atoms with Crippen LogP contribution in [0.3, 0.4) is 0 Å². The van der Waals surface area contributed by atoms with Gasteiger partial charge in [0, 0.05) is 16.9 Å². The minimum atomic E-state index is -0.497. The maximum atomic E-state index is 12.6. The van der Waals surface area contributed by atoms with E-state index in [1.165, 1.54) is 0 Å². The lowest BCUT2D eigenvalue weighted by atomic mass is 9.94. The van der Waals surface area contributed by atoms with Crippen molar-refractivity contribution >= 4 is 40.3 Å². The molecule has 1 atom stereocenters. The zero-order valence-corrected chi connectivity index (χ0v) is 14.1. The van der Waals surface area contributed by atoms with E-state index >= 15 is 0 Å². The van der Waals surface area contributed by atoms with Gasteiger partial charge in [-0.2, -0.15) is 15.4 Å². The van der Waals surface area contributed by atoms with Gasteiger partial charge in [-0.05, 0) is 18.2 Å². The summed E-state index contributed by atoms with van der Waals surface area (Å²) in [5, 5.41) is 13.4. The first-order valence-corrected chi connectivity index (χ1v) is 8.52. The number of rotatable bonds is 2. The van der Waals surface area contributed by atoms with Crippen LogP contribution in [0.15, 0.2) is 18.2 Å². The predicted octanol–water partition coefficient (Wildman–Crippen LogP) is 1.84. The van der Waals surface area contributed by atoms with Crippen LogP contribution >= 0.6 is 11.8 Å². The van der Waals surface area contributed by atoms with Crippen molar-refractivity contribution in [1.29, 1.82) is 0 Å². The molecule has 122 valence electrons. The molecule has 1 aliphatic rings. The van der Waals surface area contributed by atoms with Gasteiger partial charge < -0.3 is 10.2 Å². The summed E-state index contributed by atoms with van der Waals surface area (Å²) in [6.07, 6.45) is 0. The van der Waals surface area contributed by atoms with Crippen molar-refractivity contribution in [3.63, 3.8) is 0 Å². The molecule has 1 fully saturated rings. The molecule has 1 saturated heterocycles. The van der Waals surface area contributed by atoms with Gasteiger partial charge in [-0.25, -0.2) is 0 Å². The first kappa shape index (κ1) is 15.8. The summed E-state index contributed by atoms with van der Waals surface area (Å²) in [5.74, 6) is 0.987. The third-order valence-corrected chi connectivity index (χ3v) is 4.68. The van der Waals surface area contributed by atoms with Crippen LogP contribution in [-0.4, -0.2) is 49.8 Å². The number of H-pyrrole nitrogens is 1. The smallest absolute Gasteiger partial charge is 0.248 e. The van der Waals surface area contributed by atoms with Crippen molar-refractivity contribution in [2.45, 2.75) is 26.8 Å². The lowest BCUT2D eigenvalue weighted by molar-refractivity contribution is -0.143. The molecule has 0 radical (unpaired) electrons. The SMILES string of the molecule is CC(C)(C)C(=O)N1CSC[C@@H]1C(=O)Nc1ccc2n[nH]nc2c1. The van der Waals surface area contributed by atoms with Crippen LogP contribution < -0.4 is 5.32 Å². The highest BCUT2D eigenvalue weighted by Crippen LogP contribution is 2.28. The van der Waals surface area contributed by atoms with Crippen molar-refractivity contribution in [2.24, 2.45) is 5.41 Å². The molecule has 1 aromatic carbocycles. The summed E-state index contributed by atoms with van der Waals surface area (Å²) in [4.78, 5) is 26.7. The topological polar surface area (TPSA) is 91.0 Å². The fraction of sp³-hybridized carbons (Fsp3) is 0.467. The van der Waals surface area contributed by atoms with Crippen LogP contribution in [0.2, 0.25) is 0 Å². The molecule has 2 N–H and O–H groups in total. The maximum Gasteiger partial charge on any atom is 0.248 e. The van der Waals surface area contributed by atoms with Gasteiger partial charge >= 0.3 is 0 Å². The zero-order valence-electron chi connectivity index (χ0n) is 13.3. The van der Waals surface area contributed by atoms with Crippen LogP contribution in [0, 0.1) is 5.41 Å². The Morgan fingerprint density at radius 3 is 2.78 bits per heavy atom. The Morgan fingerprint density at radius 2 is 2.04 bits per heavy atom. The highest BCUT2D eigenvalue weighted by molar-refractivity contribution is 7.99. The molecule has 0 spiro atoms. The average molecular weight is 333 g/mol. The molecule has 0 bridgehead atoms. The molecule has 2 amide bonds. The van der Waals surface area contributed by atoms with Gasteiger partial charge in [0.1, 0.15) is 17.1 Å². The number of carbonyl (C=O) groups is 2. The third-order valence-electron chi connectivity index (χ3n) is 3.67. The van der Waals surface area contributed by atoms with Crippen LogP contribution in [0.25, 0.3) is 11.0 Å². The molecule has 1 aliphatic heterocycles. The number of aromatic amines is 1. The molecule has 8 heteroatoms. The summed E-state index contributed by atoms with van der Waals surface area (Å²) in [6, 6.07) is 4.88. The molecule has 1 aromatic heterocycles. The highest BCUT2D eigenvalue weighted by Gasteiger charge is 2.39. The summed E-state index contributed by atoms with van der Waals surface area (Å²) >= 11 is 1.59. The van der Waals surface area contributed by atoms with Gasteiger partial charge in [0.05, 0.1) is 5.88 Å². The van der Waals surface area contributed by atoms with Gasteiger partial charge in [0.25, 0.3) is 0 Å². The van der Waals surface area contributed by atoms with Gasteiger partial charge in [-0.15, -0.1) is 11.8 Å². The van der Waals surface area contributed by atoms with E-state index in [-0.39, 0.29) is 11.8 Å². The molecule has 2 heterocycles. The molecule has 2 aromatic rings. The van der Waals surface area contributed by atoms with E-state index in [2.05, 4.69) is 20.7 Å². The van der Waals surface area contributed by atoms with Gasteiger partial charge in [0.15, 0.2) is 0 Å². The second-order valence-electron chi connectivity index (χ2n) is 6.56. The standard InChI is InChI=1S/C15H19N5O2S/c1-15(2,3)14(22)20-8-23-7-12(20)13(21)16-9-4-5-10-11(6-9)18-19-17-10/h4-6,12H,7-8H2,1-3H3,(H,16,21)(H,17,18,19)/t12-/m1/s1. The van der Waals surface area contributed by atoms with Gasteiger partial charge in [-0.1, -0.05) is 20.8 Å². The molecule has 0 aliphatic carbocycles. The van der Waals surface area contributed by atoms with E-state index in [0.717, 1.165) is 5.52 Å². The number of nitrogens with zero attached hydrogens (tertiary/aromatic N) is 3. The maximum absolute atomic E-state index is 12.6. The minimum Gasteiger partial charge on any atom is -0.324 e. The van der Waals surface area contributed by atoms with E-state index in [9.17, 15) is 9.59 Å². The van der Waals surface area contributed by atoms with Crippen molar-refractivity contribution in [3.8, 4) is 0 Å². The van der Waals surface area contributed by atoms with Crippen LogP contribution in [0.4, 0.5) is 5.69 Å². The number of anilines is 1. The summed E-state index contributed by atoms with van der Waals surface area (Å²) in [5.41, 5.74) is 1.58. The summed E-state index contributed by atoms with van der Waals surface area (Å²) < 4.78 is 0.